The van der Waals surface area contributed by atoms with Crippen LogP contribution in [0.25, 0.3) is 0 Å². The zero-order valence-electron chi connectivity index (χ0n) is 44.3. The van der Waals surface area contributed by atoms with Crippen LogP contribution in [0.4, 0.5) is 5.69 Å². The predicted octanol–water partition coefficient (Wildman–Crippen LogP) is 8.05. The van der Waals surface area contributed by atoms with Crippen molar-refractivity contribution in [3.05, 3.63) is 39.8 Å². The zero-order chi connectivity index (χ0) is 54.8. The number of hydrogen-bond donors (Lipinski definition) is 6. The number of anilines is 1. The summed E-state index contributed by atoms with van der Waals surface area (Å²) in [6, 6.07) is 2.70. The van der Waals surface area contributed by atoms with Crippen LogP contribution < -0.4 is 20.5 Å². The van der Waals surface area contributed by atoms with E-state index in [1.807, 2.05) is 48.6 Å². The average Bonchev–Trinajstić information content (AvgIpc) is 3.81. The largest absolute Gasteiger partial charge is 0.524 e. The zero-order valence-corrected chi connectivity index (χ0v) is 47.6. The molecule has 1 saturated heterocycles. The Morgan fingerprint density at radius 3 is 2.34 bits per heavy atom. The number of carbonyl (C=O) groups excluding carboxylic acids is 6. The van der Waals surface area contributed by atoms with Crippen LogP contribution in [-0.2, 0) is 44.5 Å². The molecule has 0 radical (unpaired) electrons. The molecule has 1 aliphatic rings. The molecule has 73 heavy (non-hydrogen) atoms. The topological polar surface area (TPSA) is 271 Å². The number of aromatic nitrogens is 1. The maximum Gasteiger partial charge on any atom is 0.524 e. The maximum atomic E-state index is 14.4. The molecule has 1 aliphatic heterocycles. The highest BCUT2D eigenvalue weighted by Gasteiger charge is 2.38. The number of aliphatic carboxylic acids is 1. The van der Waals surface area contributed by atoms with Crippen LogP contribution in [0.5, 0.6) is 5.75 Å². The third-order valence-electron chi connectivity index (χ3n) is 13.2. The van der Waals surface area contributed by atoms with Crippen molar-refractivity contribution >= 4 is 87.8 Å². The van der Waals surface area contributed by atoms with Gasteiger partial charge < -0.3 is 35.2 Å². The Morgan fingerprint density at radius 1 is 1.04 bits per heavy atom. The Labute approximate surface area is 442 Å². The lowest BCUT2D eigenvalue weighted by Gasteiger charge is -2.37. The van der Waals surface area contributed by atoms with Gasteiger partial charge in [-0.3, -0.25) is 48.2 Å². The molecule has 6 N–H and O–H groups in total. The number of Topliss-reactive ketones (excluding diaryl/α,β-unsaturated/α-hetero) is 1. The van der Waals surface area contributed by atoms with Gasteiger partial charge in [0.2, 0.25) is 17.7 Å². The van der Waals surface area contributed by atoms with Crippen LogP contribution in [-0.4, -0.2) is 127 Å². The van der Waals surface area contributed by atoms with Crippen molar-refractivity contribution in [2.75, 3.05) is 38.8 Å². The molecule has 1 fully saturated rings. The summed E-state index contributed by atoms with van der Waals surface area (Å²) in [5.41, 5.74) is 0.403. The van der Waals surface area contributed by atoms with Gasteiger partial charge in [0.1, 0.15) is 10.7 Å². The molecule has 0 aliphatic carbocycles. The van der Waals surface area contributed by atoms with E-state index in [1.165, 1.54) is 37.4 Å². The van der Waals surface area contributed by atoms with Gasteiger partial charge in [0.15, 0.2) is 17.6 Å². The summed E-state index contributed by atoms with van der Waals surface area (Å²) in [5, 5.41) is 19.8. The number of phosphoric ester groups is 1. The van der Waals surface area contributed by atoms with Gasteiger partial charge in [0.25, 0.3) is 5.91 Å². The van der Waals surface area contributed by atoms with Crippen molar-refractivity contribution in [1.29, 1.82) is 0 Å². The highest BCUT2D eigenvalue weighted by molar-refractivity contribution is 8.77. The Kier molecular flexibility index (Phi) is 25.9. The minimum absolute atomic E-state index is 0.0239. The van der Waals surface area contributed by atoms with E-state index < -0.39 is 61.6 Å². The van der Waals surface area contributed by atoms with Crippen molar-refractivity contribution in [2.45, 2.75) is 161 Å². The van der Waals surface area contributed by atoms with Gasteiger partial charge in [-0.15, -0.1) is 11.3 Å². The van der Waals surface area contributed by atoms with Crippen molar-refractivity contribution in [3.8, 4) is 5.75 Å². The molecule has 2 heterocycles. The van der Waals surface area contributed by atoms with Crippen molar-refractivity contribution in [2.24, 2.45) is 23.7 Å². The Bertz CT molecular complexity index is 2240. The number of rotatable bonds is 31. The molecule has 2 aromatic rings. The predicted molar refractivity (Wildman–Crippen MR) is 286 cm³/mol. The van der Waals surface area contributed by atoms with E-state index in [1.54, 1.807) is 40.6 Å². The smallest absolute Gasteiger partial charge is 0.481 e. The summed E-state index contributed by atoms with van der Waals surface area (Å²) in [6.45, 7) is 15.6. The monoisotopic (exact) mass is 1100 g/mol. The third kappa shape index (κ3) is 21.6. The maximum absolute atomic E-state index is 14.4. The standard InChI is InChI=1S/C50H79N6O13PS3/c1-12-31(4)36(27-41(58)39-16-13-14-22-55(39)10)48(62)56(11)40(30(2)3)28-43(68-33(6)57)47-54-38(29-71-47)46(61)52-35(24-32(5)49(63)64)25-34-18-19-42(69-70(65,66)67)37(26-34)53-45(60)17-15-23-72-73-50(7,8)21-20-44(59)51-9/h18-19,26,29-32,35-36,39-40,43H,12-17,20-25,27-28H2,1-11H3,(H,51,59)(H,52,61)(H,53,60)(H,63,64)(H2,65,66,67)/t31-,32?,35+,36?,39+,40+,43+/m0/s1. The van der Waals surface area contributed by atoms with Crippen LogP contribution in [0.15, 0.2) is 23.6 Å². The summed E-state index contributed by atoms with van der Waals surface area (Å²) < 4.78 is 22.5. The van der Waals surface area contributed by atoms with Gasteiger partial charge in [-0.1, -0.05) is 75.1 Å². The molecule has 3 rings (SSSR count). The highest BCUT2D eigenvalue weighted by Crippen LogP contribution is 2.42. The number of carboxylic acid groups (broad SMARTS) is 1. The number of piperidine rings is 1. The number of thiazole rings is 1. The van der Waals surface area contributed by atoms with E-state index in [0.717, 1.165) is 37.1 Å². The minimum Gasteiger partial charge on any atom is -0.481 e. The molecule has 19 nitrogen and oxygen atoms in total. The van der Waals surface area contributed by atoms with Crippen LogP contribution in [0.3, 0.4) is 0 Å². The normalized spacial score (nSPS) is 16.8. The first kappa shape index (κ1) is 63.2. The molecule has 0 spiro atoms. The van der Waals surface area contributed by atoms with Gasteiger partial charge >= 0.3 is 19.8 Å². The second kappa shape index (κ2) is 29.9. The van der Waals surface area contributed by atoms with E-state index >= 15 is 0 Å². The molecule has 4 amide bonds. The van der Waals surface area contributed by atoms with E-state index in [0.29, 0.717) is 42.0 Å². The molecule has 1 aromatic carbocycles. The quantitative estimate of drug-likeness (QED) is 0.0180. The second-order valence-corrected chi connectivity index (χ2v) is 25.2. The molecule has 2 unspecified atom stereocenters. The number of esters is 1. The lowest BCUT2D eigenvalue weighted by atomic mass is 9.83. The van der Waals surface area contributed by atoms with Gasteiger partial charge in [-0.2, -0.15) is 0 Å². The third-order valence-corrected chi connectivity index (χ3v) is 18.0. The fraction of sp³-hybridized carbons (Fsp3) is 0.680. The molecule has 1 aromatic heterocycles. The summed E-state index contributed by atoms with van der Waals surface area (Å²) in [7, 11) is 3.37. The van der Waals surface area contributed by atoms with Gasteiger partial charge in [0, 0.05) is 80.6 Å². The number of phosphoric acid groups is 1. The summed E-state index contributed by atoms with van der Waals surface area (Å²) in [6.07, 6.45) is 4.37. The molecule has 7 atom stereocenters. The molecule has 410 valence electrons. The van der Waals surface area contributed by atoms with Gasteiger partial charge in [-0.05, 0) is 95.5 Å². The summed E-state index contributed by atoms with van der Waals surface area (Å²) in [5.74, 6) is -4.29. The highest BCUT2D eigenvalue weighted by atomic mass is 33.1. The molecule has 0 saturated carbocycles. The number of ketones is 1. The van der Waals surface area contributed by atoms with Crippen LogP contribution in [0.1, 0.15) is 153 Å². The first-order valence-corrected chi connectivity index (χ1v) is 29.7. The number of ether oxygens (including phenoxy) is 1. The first-order valence-electron chi connectivity index (χ1n) is 25.0. The fourth-order valence-electron chi connectivity index (χ4n) is 8.67. The number of amides is 4. The van der Waals surface area contributed by atoms with Crippen LogP contribution in [0, 0.1) is 23.7 Å². The van der Waals surface area contributed by atoms with Gasteiger partial charge in [-0.25, -0.2) is 9.55 Å². The Balaban J connectivity index is 1.82. The summed E-state index contributed by atoms with van der Waals surface area (Å²) >= 11 is 1.09. The number of nitrogens with one attached hydrogen (secondary N) is 3. The SMILES string of the molecule is CC[C@H](C)C(CC(=O)[C@H]1CCCCN1C)C(=O)N(C)[C@H](C[C@@H](OC(C)=O)c1nc(C(=O)N[C@@H](Cc2ccc(OP(=O)(O)O)c(NC(=O)CCCSSC(C)(C)CCC(=O)NC)c2)CC(C)C(=O)O)cs1)C(C)C. The van der Waals surface area contributed by atoms with E-state index in [4.69, 9.17) is 9.26 Å². The second-order valence-electron chi connectivity index (χ2n) is 20.1. The Hall–Kier alpha value is -4.05. The molecular weight excluding hydrogens is 1020 g/mol. The number of likely N-dealkylation sites (N-methyl/N-ethyl adjacent to an activating group) is 1. The number of likely N-dealkylation sites (tertiary alicyclic amines) is 1. The van der Waals surface area contributed by atoms with Gasteiger partial charge in [0.05, 0.1) is 17.6 Å². The van der Waals surface area contributed by atoms with Crippen molar-refractivity contribution < 1.29 is 62.3 Å². The molecule has 0 bridgehead atoms. The van der Waals surface area contributed by atoms with Crippen LogP contribution >= 0.6 is 40.7 Å². The summed E-state index contributed by atoms with van der Waals surface area (Å²) in [4.78, 5) is 119. The number of hydrogen-bond acceptors (Lipinski definition) is 15. The first-order chi connectivity index (χ1) is 34.1. The number of benzene rings is 1. The van der Waals surface area contributed by atoms with E-state index in [9.17, 15) is 53.0 Å². The van der Waals surface area contributed by atoms with Crippen molar-refractivity contribution in [3.63, 3.8) is 0 Å². The van der Waals surface area contributed by atoms with Crippen molar-refractivity contribution in [1.82, 2.24) is 25.4 Å². The minimum atomic E-state index is -5.07. The average molecular weight is 1100 g/mol. The molecule has 23 heteroatoms. The Morgan fingerprint density at radius 2 is 1.74 bits per heavy atom. The lowest BCUT2D eigenvalue weighted by molar-refractivity contribution is -0.149. The molecular formula is C50H79N6O13PS3. The fourth-order valence-corrected chi connectivity index (χ4v) is 12.6. The number of carbonyl (C=O) groups is 7. The number of carboxylic acids is 1. The lowest BCUT2D eigenvalue weighted by Crippen LogP contribution is -2.48. The van der Waals surface area contributed by atoms with E-state index in [2.05, 4.69) is 25.8 Å². The number of nitrogens with zero attached hydrogens (tertiary/aromatic N) is 3. The van der Waals surface area contributed by atoms with Crippen LogP contribution in [0.2, 0.25) is 0 Å². The van der Waals surface area contributed by atoms with E-state index in [-0.39, 0.29) is 89.5 Å².